The number of esters is 1. The molecule has 2 rings (SSSR count). The normalized spacial score (nSPS) is 10.3. The second kappa shape index (κ2) is 4.58. The molecular formula is C11H7ClN2O4. The third-order valence-corrected chi connectivity index (χ3v) is 2.62. The Morgan fingerprint density at radius 1 is 1.44 bits per heavy atom. The SMILES string of the molecule is COC(=O)c1nccc2c([N+](=O)[O-])cc(Cl)cc12. The lowest BCUT2D eigenvalue weighted by Gasteiger charge is -2.04. The average molecular weight is 267 g/mol. The summed E-state index contributed by atoms with van der Waals surface area (Å²) in [4.78, 5) is 25.8. The van der Waals surface area contributed by atoms with Crippen LogP contribution in [-0.2, 0) is 4.74 Å². The minimum absolute atomic E-state index is 0.000556. The zero-order valence-corrected chi connectivity index (χ0v) is 9.97. The maximum Gasteiger partial charge on any atom is 0.357 e. The van der Waals surface area contributed by atoms with E-state index in [1.807, 2.05) is 0 Å². The van der Waals surface area contributed by atoms with Crippen molar-refractivity contribution in [1.82, 2.24) is 4.98 Å². The highest BCUT2D eigenvalue weighted by molar-refractivity contribution is 6.32. The first-order valence-corrected chi connectivity index (χ1v) is 5.23. The molecule has 0 fully saturated rings. The summed E-state index contributed by atoms with van der Waals surface area (Å²) in [6.45, 7) is 0. The van der Waals surface area contributed by atoms with E-state index in [0.29, 0.717) is 10.8 Å². The van der Waals surface area contributed by atoms with Gasteiger partial charge in [-0.1, -0.05) is 11.6 Å². The summed E-state index contributed by atoms with van der Waals surface area (Å²) in [5.41, 5.74) is -0.175. The van der Waals surface area contributed by atoms with E-state index in [2.05, 4.69) is 9.72 Å². The van der Waals surface area contributed by atoms with Crippen LogP contribution in [-0.4, -0.2) is 23.0 Å². The van der Waals surface area contributed by atoms with E-state index < -0.39 is 10.9 Å². The Kier molecular flexibility index (Phi) is 3.12. The fourth-order valence-corrected chi connectivity index (χ4v) is 1.85. The Morgan fingerprint density at radius 3 is 2.78 bits per heavy atom. The standard InChI is InChI=1S/C11H7ClN2O4/c1-18-11(15)10-8-4-6(12)5-9(14(16)17)7(8)2-3-13-10/h2-5H,1H3. The van der Waals surface area contributed by atoms with Crippen molar-refractivity contribution in [3.05, 3.63) is 45.2 Å². The molecule has 0 aliphatic heterocycles. The quantitative estimate of drug-likeness (QED) is 0.474. The number of pyridine rings is 1. The summed E-state index contributed by atoms with van der Waals surface area (Å²) < 4.78 is 4.57. The van der Waals surface area contributed by atoms with Gasteiger partial charge in [0, 0.05) is 22.7 Å². The van der Waals surface area contributed by atoms with Crippen LogP contribution in [0.5, 0.6) is 0 Å². The second-order valence-electron chi connectivity index (χ2n) is 3.43. The topological polar surface area (TPSA) is 82.3 Å². The highest BCUT2D eigenvalue weighted by Crippen LogP contribution is 2.31. The van der Waals surface area contributed by atoms with Gasteiger partial charge in [-0.25, -0.2) is 9.78 Å². The van der Waals surface area contributed by atoms with Crippen LogP contribution in [0.3, 0.4) is 0 Å². The van der Waals surface area contributed by atoms with Gasteiger partial charge >= 0.3 is 5.97 Å². The largest absolute Gasteiger partial charge is 0.464 e. The molecule has 7 heteroatoms. The van der Waals surface area contributed by atoms with Crippen LogP contribution in [0.2, 0.25) is 5.02 Å². The second-order valence-corrected chi connectivity index (χ2v) is 3.86. The van der Waals surface area contributed by atoms with Gasteiger partial charge in [-0.3, -0.25) is 10.1 Å². The van der Waals surface area contributed by atoms with Crippen molar-refractivity contribution in [3.8, 4) is 0 Å². The maximum atomic E-state index is 11.5. The van der Waals surface area contributed by atoms with E-state index in [4.69, 9.17) is 11.6 Å². The molecule has 0 aliphatic carbocycles. The van der Waals surface area contributed by atoms with E-state index in [0.717, 1.165) is 0 Å². The fraction of sp³-hybridized carbons (Fsp3) is 0.0909. The van der Waals surface area contributed by atoms with Gasteiger partial charge in [-0.15, -0.1) is 0 Å². The Balaban J connectivity index is 2.85. The Morgan fingerprint density at radius 2 is 2.17 bits per heavy atom. The molecule has 0 saturated heterocycles. The smallest absolute Gasteiger partial charge is 0.357 e. The van der Waals surface area contributed by atoms with Crippen molar-refractivity contribution in [3.63, 3.8) is 0 Å². The van der Waals surface area contributed by atoms with Gasteiger partial charge < -0.3 is 4.74 Å². The number of rotatable bonds is 2. The minimum Gasteiger partial charge on any atom is -0.464 e. The number of non-ortho nitro benzene ring substituents is 1. The Bertz CT molecular complexity index is 657. The van der Waals surface area contributed by atoms with Crippen molar-refractivity contribution < 1.29 is 14.5 Å². The predicted octanol–water partition coefficient (Wildman–Crippen LogP) is 2.58. The minimum atomic E-state index is -0.669. The number of nitrogens with zero attached hydrogens (tertiary/aromatic N) is 2. The molecular weight excluding hydrogens is 260 g/mol. The summed E-state index contributed by atoms with van der Waals surface area (Å²) in [6.07, 6.45) is 1.31. The predicted molar refractivity (Wildman–Crippen MR) is 64.7 cm³/mol. The van der Waals surface area contributed by atoms with Gasteiger partial charge in [0.05, 0.1) is 17.4 Å². The number of aromatic nitrogens is 1. The number of ether oxygens (including phenoxy) is 1. The number of fused-ring (bicyclic) bond motifs is 1. The van der Waals surface area contributed by atoms with Gasteiger partial charge in [0.25, 0.3) is 5.69 Å². The number of nitro benzene ring substituents is 1. The van der Waals surface area contributed by atoms with Gasteiger partial charge in [-0.2, -0.15) is 0 Å². The summed E-state index contributed by atoms with van der Waals surface area (Å²) in [5.74, 6) is -0.669. The van der Waals surface area contributed by atoms with E-state index in [1.165, 1.54) is 31.5 Å². The lowest BCUT2D eigenvalue weighted by Crippen LogP contribution is -2.05. The highest BCUT2D eigenvalue weighted by Gasteiger charge is 2.19. The van der Waals surface area contributed by atoms with Crippen LogP contribution in [0.15, 0.2) is 24.4 Å². The Hall–Kier alpha value is -2.21. The summed E-state index contributed by atoms with van der Waals surface area (Å²) >= 11 is 5.80. The number of benzene rings is 1. The first-order valence-electron chi connectivity index (χ1n) is 4.85. The molecule has 0 unspecified atom stereocenters. The van der Waals surface area contributed by atoms with Gasteiger partial charge in [0.2, 0.25) is 0 Å². The van der Waals surface area contributed by atoms with E-state index in [1.54, 1.807) is 0 Å². The first-order chi connectivity index (χ1) is 8.54. The van der Waals surface area contributed by atoms with Gasteiger partial charge in [0.15, 0.2) is 5.69 Å². The molecule has 0 amide bonds. The number of halogens is 1. The molecule has 0 N–H and O–H groups in total. The van der Waals surface area contributed by atoms with E-state index in [9.17, 15) is 14.9 Å². The molecule has 1 aromatic heterocycles. The van der Waals surface area contributed by atoms with E-state index in [-0.39, 0.29) is 16.4 Å². The third kappa shape index (κ3) is 1.98. The first kappa shape index (κ1) is 12.3. The van der Waals surface area contributed by atoms with Crippen molar-refractivity contribution in [1.29, 1.82) is 0 Å². The molecule has 1 heterocycles. The highest BCUT2D eigenvalue weighted by atomic mass is 35.5. The maximum absolute atomic E-state index is 11.5. The van der Waals surface area contributed by atoms with E-state index >= 15 is 0 Å². The third-order valence-electron chi connectivity index (χ3n) is 2.40. The molecule has 0 radical (unpaired) electrons. The van der Waals surface area contributed by atoms with Crippen LogP contribution in [0.1, 0.15) is 10.5 Å². The lowest BCUT2D eigenvalue weighted by atomic mass is 10.1. The monoisotopic (exact) mass is 266 g/mol. The van der Waals surface area contributed by atoms with Crippen LogP contribution < -0.4 is 0 Å². The molecule has 1 aromatic carbocycles. The van der Waals surface area contributed by atoms with Gasteiger partial charge in [-0.05, 0) is 12.1 Å². The number of methoxy groups -OCH3 is 1. The molecule has 0 aliphatic rings. The molecule has 6 nitrogen and oxygen atoms in total. The molecule has 2 aromatic rings. The molecule has 0 saturated carbocycles. The molecule has 0 spiro atoms. The van der Waals surface area contributed by atoms with Crippen molar-refractivity contribution in [2.24, 2.45) is 0 Å². The van der Waals surface area contributed by atoms with Crippen LogP contribution >= 0.6 is 11.6 Å². The number of hydrogen-bond acceptors (Lipinski definition) is 5. The summed E-state index contributed by atoms with van der Waals surface area (Å²) in [6, 6.07) is 4.13. The van der Waals surface area contributed by atoms with Gasteiger partial charge in [0.1, 0.15) is 0 Å². The number of hydrogen-bond donors (Lipinski definition) is 0. The van der Waals surface area contributed by atoms with Crippen molar-refractivity contribution in [2.45, 2.75) is 0 Å². The molecule has 92 valence electrons. The Labute approximate surface area is 106 Å². The number of carbonyl (C=O) groups is 1. The molecule has 0 bridgehead atoms. The fourth-order valence-electron chi connectivity index (χ4n) is 1.64. The lowest BCUT2D eigenvalue weighted by molar-refractivity contribution is -0.383. The number of carbonyl (C=O) groups excluding carboxylic acids is 1. The average Bonchev–Trinajstić information content (AvgIpc) is 2.36. The zero-order valence-electron chi connectivity index (χ0n) is 9.21. The number of nitro groups is 1. The molecule has 0 atom stereocenters. The van der Waals surface area contributed by atoms with Crippen LogP contribution in [0.4, 0.5) is 5.69 Å². The summed E-state index contributed by atoms with van der Waals surface area (Å²) in [7, 11) is 1.21. The van der Waals surface area contributed by atoms with Crippen molar-refractivity contribution >= 4 is 34.0 Å². The van der Waals surface area contributed by atoms with Crippen LogP contribution in [0, 0.1) is 10.1 Å². The van der Waals surface area contributed by atoms with Crippen LogP contribution in [0.25, 0.3) is 10.8 Å². The summed E-state index contributed by atoms with van der Waals surface area (Å²) in [5, 5.41) is 11.7. The van der Waals surface area contributed by atoms with Crippen molar-refractivity contribution in [2.75, 3.05) is 7.11 Å². The zero-order chi connectivity index (χ0) is 13.3. The molecule has 18 heavy (non-hydrogen) atoms.